The Morgan fingerprint density at radius 3 is 2.71 bits per heavy atom. The first kappa shape index (κ1) is 14.5. The Labute approximate surface area is 120 Å². The Morgan fingerprint density at radius 2 is 2.05 bits per heavy atom. The van der Waals surface area contributed by atoms with Crippen LogP contribution in [0, 0.1) is 27.3 Å². The van der Waals surface area contributed by atoms with Crippen LogP contribution in [-0.2, 0) is 0 Å². The number of para-hydroxylation sites is 1. The number of nitriles is 1. The number of anilines is 1. The first-order valence-corrected chi connectivity index (χ1v) is 6.22. The summed E-state index contributed by atoms with van der Waals surface area (Å²) in [5.41, 5.74) is 1.08. The van der Waals surface area contributed by atoms with Gasteiger partial charge in [0.1, 0.15) is 11.9 Å². The summed E-state index contributed by atoms with van der Waals surface area (Å²) in [5.74, 6) is -0.504. The lowest BCUT2D eigenvalue weighted by Crippen LogP contribution is -2.10. The molecule has 106 valence electrons. The van der Waals surface area contributed by atoms with E-state index < -0.39 is 16.8 Å². The van der Waals surface area contributed by atoms with Crippen LogP contribution in [0.3, 0.4) is 0 Å². The Balaban J connectivity index is 2.33. The van der Waals surface area contributed by atoms with Gasteiger partial charge in [0.25, 0.3) is 5.69 Å². The molecule has 0 aliphatic carbocycles. The third kappa shape index (κ3) is 3.15. The largest absolute Gasteiger partial charge is 0.377 e. The van der Waals surface area contributed by atoms with E-state index in [1.54, 1.807) is 25.1 Å². The summed E-state index contributed by atoms with van der Waals surface area (Å²) in [6, 6.07) is 11.6. The molecule has 1 unspecified atom stereocenters. The van der Waals surface area contributed by atoms with Crippen LogP contribution in [0.5, 0.6) is 0 Å². The van der Waals surface area contributed by atoms with Gasteiger partial charge in [0, 0.05) is 6.07 Å². The number of hydrogen-bond donors (Lipinski definition) is 1. The highest BCUT2D eigenvalue weighted by atomic mass is 19.1. The first-order chi connectivity index (χ1) is 10.0. The maximum Gasteiger partial charge on any atom is 0.274 e. The fraction of sp³-hybridized carbons (Fsp3) is 0.133. The van der Waals surface area contributed by atoms with Gasteiger partial charge in [-0.25, -0.2) is 4.39 Å². The lowest BCUT2D eigenvalue weighted by Gasteiger charge is -2.16. The molecule has 2 aromatic rings. The molecular weight excluding hydrogens is 273 g/mol. The van der Waals surface area contributed by atoms with Crippen LogP contribution in [0.25, 0.3) is 0 Å². The minimum atomic E-state index is -0.504. The molecule has 0 aromatic heterocycles. The van der Waals surface area contributed by atoms with Crippen LogP contribution >= 0.6 is 0 Å². The molecule has 2 aromatic carbocycles. The summed E-state index contributed by atoms with van der Waals surface area (Å²) in [5, 5.41) is 23.0. The molecule has 1 atom stereocenters. The molecule has 0 spiro atoms. The van der Waals surface area contributed by atoms with Gasteiger partial charge in [0.2, 0.25) is 0 Å². The molecule has 0 saturated carbocycles. The van der Waals surface area contributed by atoms with Crippen molar-refractivity contribution in [3.63, 3.8) is 0 Å². The van der Waals surface area contributed by atoms with Crippen molar-refractivity contribution >= 4 is 11.4 Å². The average Bonchev–Trinajstić information content (AvgIpc) is 2.48. The topological polar surface area (TPSA) is 79.0 Å². The molecule has 0 aliphatic rings. The lowest BCUT2D eigenvalue weighted by atomic mass is 10.1. The van der Waals surface area contributed by atoms with Gasteiger partial charge in [-0.05, 0) is 25.1 Å². The predicted molar refractivity (Wildman–Crippen MR) is 76.2 cm³/mol. The fourth-order valence-corrected chi connectivity index (χ4v) is 2.07. The molecule has 1 N–H and O–H groups in total. The van der Waals surface area contributed by atoms with Crippen molar-refractivity contribution in [2.45, 2.75) is 13.0 Å². The maximum absolute atomic E-state index is 13.1. The maximum atomic E-state index is 13.1. The van der Waals surface area contributed by atoms with Crippen molar-refractivity contribution in [1.29, 1.82) is 5.26 Å². The molecule has 0 radical (unpaired) electrons. The van der Waals surface area contributed by atoms with Gasteiger partial charge in [-0.3, -0.25) is 10.1 Å². The molecule has 0 heterocycles. The molecule has 0 saturated heterocycles. The summed E-state index contributed by atoms with van der Waals surface area (Å²) < 4.78 is 13.1. The number of nitro groups is 1. The van der Waals surface area contributed by atoms with Gasteiger partial charge in [-0.15, -0.1) is 0 Å². The first-order valence-electron chi connectivity index (χ1n) is 6.22. The quantitative estimate of drug-likeness (QED) is 0.685. The molecule has 0 bridgehead atoms. The number of halogens is 1. The molecule has 21 heavy (non-hydrogen) atoms. The minimum absolute atomic E-state index is 0.00174. The van der Waals surface area contributed by atoms with Crippen molar-refractivity contribution in [2.75, 3.05) is 5.32 Å². The van der Waals surface area contributed by atoms with Gasteiger partial charge in [0.05, 0.1) is 27.8 Å². The van der Waals surface area contributed by atoms with E-state index in [4.69, 9.17) is 5.26 Å². The highest BCUT2D eigenvalue weighted by molar-refractivity contribution is 5.59. The third-order valence-electron chi connectivity index (χ3n) is 3.07. The Hall–Kier alpha value is -2.94. The monoisotopic (exact) mass is 285 g/mol. The van der Waals surface area contributed by atoms with Crippen LogP contribution < -0.4 is 5.32 Å². The van der Waals surface area contributed by atoms with Crippen LogP contribution in [0.2, 0.25) is 0 Å². The zero-order chi connectivity index (χ0) is 15.4. The van der Waals surface area contributed by atoms with E-state index in [0.29, 0.717) is 11.3 Å². The third-order valence-corrected chi connectivity index (χ3v) is 3.07. The van der Waals surface area contributed by atoms with E-state index in [9.17, 15) is 14.5 Å². The van der Waals surface area contributed by atoms with Gasteiger partial charge < -0.3 is 5.32 Å². The summed E-state index contributed by atoms with van der Waals surface area (Å²) in [7, 11) is 0. The number of nitrogens with zero attached hydrogens (tertiary/aromatic N) is 2. The van der Waals surface area contributed by atoms with Crippen molar-refractivity contribution in [3.05, 3.63) is 69.5 Å². The van der Waals surface area contributed by atoms with E-state index in [-0.39, 0.29) is 11.3 Å². The van der Waals surface area contributed by atoms with E-state index in [0.717, 1.165) is 6.07 Å². The molecule has 0 fully saturated rings. The van der Waals surface area contributed by atoms with E-state index in [2.05, 4.69) is 5.32 Å². The van der Waals surface area contributed by atoms with Gasteiger partial charge in [-0.2, -0.15) is 5.26 Å². The average molecular weight is 285 g/mol. The number of nitro benzene ring substituents is 1. The van der Waals surface area contributed by atoms with Crippen LogP contribution in [0.4, 0.5) is 15.8 Å². The standard InChI is InChI=1S/C15H12FN3O2/c1-10(13-4-2-3-5-15(13)19(20)21)18-14-7-6-12(16)8-11(14)9-17/h2-8,10,18H,1H3. The second kappa shape index (κ2) is 6.01. The summed E-state index contributed by atoms with van der Waals surface area (Å²) in [6.07, 6.45) is 0. The highest BCUT2D eigenvalue weighted by Gasteiger charge is 2.18. The second-order valence-electron chi connectivity index (χ2n) is 4.48. The van der Waals surface area contributed by atoms with E-state index in [1.165, 1.54) is 18.2 Å². The van der Waals surface area contributed by atoms with Crippen molar-refractivity contribution in [2.24, 2.45) is 0 Å². The zero-order valence-electron chi connectivity index (χ0n) is 11.2. The van der Waals surface area contributed by atoms with Crippen LogP contribution in [0.1, 0.15) is 24.1 Å². The number of nitrogens with one attached hydrogen (secondary N) is 1. The zero-order valence-corrected chi connectivity index (χ0v) is 11.2. The molecule has 2 rings (SSSR count). The summed E-state index contributed by atoms with van der Waals surface area (Å²) >= 11 is 0. The predicted octanol–water partition coefficient (Wildman–Crippen LogP) is 3.78. The van der Waals surface area contributed by atoms with Crippen molar-refractivity contribution < 1.29 is 9.31 Å². The van der Waals surface area contributed by atoms with Crippen molar-refractivity contribution in [1.82, 2.24) is 0 Å². The smallest absolute Gasteiger partial charge is 0.274 e. The minimum Gasteiger partial charge on any atom is -0.377 e. The summed E-state index contributed by atoms with van der Waals surface area (Å²) in [6.45, 7) is 1.74. The summed E-state index contributed by atoms with van der Waals surface area (Å²) in [4.78, 5) is 10.6. The normalized spacial score (nSPS) is 11.5. The van der Waals surface area contributed by atoms with Crippen LogP contribution in [0.15, 0.2) is 42.5 Å². The molecule has 5 nitrogen and oxygen atoms in total. The Morgan fingerprint density at radius 1 is 1.33 bits per heavy atom. The van der Waals surface area contributed by atoms with E-state index in [1.807, 2.05) is 6.07 Å². The highest BCUT2D eigenvalue weighted by Crippen LogP contribution is 2.28. The SMILES string of the molecule is CC(Nc1ccc(F)cc1C#N)c1ccccc1[N+](=O)[O-]. The molecule has 6 heteroatoms. The van der Waals surface area contributed by atoms with Gasteiger partial charge in [-0.1, -0.05) is 18.2 Å². The molecule has 0 amide bonds. The Kier molecular flexibility index (Phi) is 4.14. The molecular formula is C15H12FN3O2. The van der Waals surface area contributed by atoms with Crippen LogP contribution in [-0.4, -0.2) is 4.92 Å². The second-order valence-corrected chi connectivity index (χ2v) is 4.48. The van der Waals surface area contributed by atoms with E-state index >= 15 is 0 Å². The Bertz CT molecular complexity index is 725. The number of hydrogen-bond acceptors (Lipinski definition) is 4. The lowest BCUT2D eigenvalue weighted by molar-refractivity contribution is -0.385. The van der Waals surface area contributed by atoms with Gasteiger partial charge in [0.15, 0.2) is 0 Å². The van der Waals surface area contributed by atoms with Crippen molar-refractivity contribution in [3.8, 4) is 6.07 Å². The number of benzene rings is 2. The van der Waals surface area contributed by atoms with Gasteiger partial charge >= 0.3 is 0 Å². The number of rotatable bonds is 4. The molecule has 0 aliphatic heterocycles. The fourth-order valence-electron chi connectivity index (χ4n) is 2.07.